The Morgan fingerprint density at radius 3 is 2.47 bits per heavy atom. The summed E-state index contributed by atoms with van der Waals surface area (Å²) in [4.78, 5) is 52.9. The van der Waals surface area contributed by atoms with E-state index in [2.05, 4.69) is 10.2 Å². The van der Waals surface area contributed by atoms with Crippen molar-refractivity contribution in [2.24, 2.45) is 7.05 Å². The van der Waals surface area contributed by atoms with Crippen molar-refractivity contribution in [2.45, 2.75) is 70.6 Å². The molecule has 2 aliphatic heterocycles. The number of carbonyl (C=O) groups excluding carboxylic acids is 3. The van der Waals surface area contributed by atoms with Crippen LogP contribution in [-0.4, -0.2) is 76.9 Å². The summed E-state index contributed by atoms with van der Waals surface area (Å²) in [6.07, 6.45) is 2.88. The number of imide groups is 1. The molecule has 11 nitrogen and oxygen atoms in total. The van der Waals surface area contributed by atoms with E-state index in [-0.39, 0.29) is 30.2 Å². The van der Waals surface area contributed by atoms with Crippen LogP contribution in [0.1, 0.15) is 58.9 Å². The van der Waals surface area contributed by atoms with Crippen molar-refractivity contribution in [1.29, 1.82) is 0 Å². The van der Waals surface area contributed by atoms with Gasteiger partial charge in [-0.1, -0.05) is 0 Å². The molecule has 0 saturated carbocycles. The van der Waals surface area contributed by atoms with E-state index in [1.165, 1.54) is 4.57 Å². The number of nitrogens with one attached hydrogen (secondary N) is 1. The summed E-state index contributed by atoms with van der Waals surface area (Å²) in [6, 6.07) is 5.18. The molecule has 0 spiro atoms. The van der Waals surface area contributed by atoms with Crippen LogP contribution in [0.5, 0.6) is 0 Å². The van der Waals surface area contributed by atoms with Gasteiger partial charge in [0.05, 0.1) is 17.1 Å². The molecule has 2 fully saturated rings. The minimum Gasteiger partial charge on any atom is -0.444 e. The molecule has 3 amide bonds. The fraction of sp³-hybridized carbons (Fsp3) is 0.630. The Balaban J connectivity index is 1.31. The van der Waals surface area contributed by atoms with Gasteiger partial charge in [0.15, 0.2) is 0 Å². The van der Waals surface area contributed by atoms with E-state index in [1.807, 2.05) is 39.0 Å². The van der Waals surface area contributed by atoms with Crippen LogP contribution in [0, 0.1) is 0 Å². The van der Waals surface area contributed by atoms with Crippen LogP contribution in [0.15, 0.2) is 23.0 Å². The first kappa shape index (κ1) is 27.7. The third-order valence-electron chi connectivity index (χ3n) is 7.10. The van der Waals surface area contributed by atoms with E-state index in [0.717, 1.165) is 43.6 Å². The molecule has 208 valence electrons. The zero-order valence-electron chi connectivity index (χ0n) is 23.0. The number of piperidine rings is 2. The molecule has 0 aliphatic carbocycles. The standard InChI is InChI=1S/C27H39N5O6/c1-27(2,3)38-26(36)29(4)13-6-16-37-19-11-14-31(15-12-19)18-7-8-20-22(17-18)30(5)25(35)32(20)21-9-10-23(33)28-24(21)34/h7-8,17,19,21H,6,9-16H2,1-5H3,(H,28,33,34). The second-order valence-electron chi connectivity index (χ2n) is 11.2. The van der Waals surface area contributed by atoms with E-state index in [4.69, 9.17) is 9.47 Å². The monoisotopic (exact) mass is 529 g/mol. The topological polar surface area (TPSA) is 115 Å². The van der Waals surface area contributed by atoms with Gasteiger partial charge >= 0.3 is 11.8 Å². The van der Waals surface area contributed by atoms with Gasteiger partial charge in [0.1, 0.15) is 11.6 Å². The minimum absolute atomic E-state index is 0.166. The molecule has 1 atom stereocenters. The van der Waals surface area contributed by atoms with Crippen LogP contribution in [0.2, 0.25) is 0 Å². The number of aromatic nitrogens is 2. The largest absolute Gasteiger partial charge is 0.444 e. The van der Waals surface area contributed by atoms with Gasteiger partial charge < -0.3 is 19.3 Å². The van der Waals surface area contributed by atoms with Crippen molar-refractivity contribution in [1.82, 2.24) is 19.4 Å². The Morgan fingerprint density at radius 2 is 1.82 bits per heavy atom. The molecule has 4 rings (SSSR count). The van der Waals surface area contributed by atoms with Crippen LogP contribution in [0.4, 0.5) is 10.5 Å². The highest BCUT2D eigenvalue weighted by atomic mass is 16.6. The van der Waals surface area contributed by atoms with Gasteiger partial charge in [-0.15, -0.1) is 0 Å². The van der Waals surface area contributed by atoms with E-state index in [9.17, 15) is 19.2 Å². The lowest BCUT2D eigenvalue weighted by Gasteiger charge is -2.33. The van der Waals surface area contributed by atoms with Crippen molar-refractivity contribution >= 4 is 34.6 Å². The molecule has 11 heteroatoms. The van der Waals surface area contributed by atoms with Crippen molar-refractivity contribution < 1.29 is 23.9 Å². The molecule has 1 unspecified atom stereocenters. The number of aryl methyl sites for hydroxylation is 1. The zero-order valence-corrected chi connectivity index (χ0v) is 23.0. The summed E-state index contributed by atoms with van der Waals surface area (Å²) >= 11 is 0. The first-order valence-electron chi connectivity index (χ1n) is 13.3. The van der Waals surface area contributed by atoms with Gasteiger partial charge in [0, 0.05) is 52.4 Å². The molecule has 3 heterocycles. The highest BCUT2D eigenvalue weighted by molar-refractivity contribution is 6.00. The number of amides is 3. The van der Waals surface area contributed by atoms with Crippen molar-refractivity contribution in [3.8, 4) is 0 Å². The third-order valence-corrected chi connectivity index (χ3v) is 7.10. The molecule has 2 aliphatic rings. The van der Waals surface area contributed by atoms with Gasteiger partial charge in [0.25, 0.3) is 0 Å². The van der Waals surface area contributed by atoms with E-state index in [0.29, 0.717) is 25.1 Å². The summed E-state index contributed by atoms with van der Waals surface area (Å²) in [7, 11) is 3.44. The molecule has 0 bridgehead atoms. The molecule has 2 aromatic rings. The molecule has 1 aromatic carbocycles. The van der Waals surface area contributed by atoms with Crippen LogP contribution in [-0.2, 0) is 26.1 Å². The summed E-state index contributed by atoms with van der Waals surface area (Å²) in [6.45, 7) is 8.37. The minimum atomic E-state index is -0.688. The number of anilines is 1. The maximum Gasteiger partial charge on any atom is 0.410 e. The van der Waals surface area contributed by atoms with Crippen LogP contribution in [0.3, 0.4) is 0 Å². The van der Waals surface area contributed by atoms with Gasteiger partial charge in [-0.05, 0) is 64.7 Å². The maximum absolute atomic E-state index is 13.0. The van der Waals surface area contributed by atoms with E-state index >= 15 is 0 Å². The fourth-order valence-electron chi connectivity index (χ4n) is 5.04. The number of benzene rings is 1. The molecule has 2 saturated heterocycles. The molecule has 1 aromatic heterocycles. The number of nitrogens with zero attached hydrogens (tertiary/aromatic N) is 4. The Hall–Kier alpha value is -3.34. The predicted octanol–water partition coefficient (Wildman–Crippen LogP) is 2.56. The van der Waals surface area contributed by atoms with Crippen LogP contribution in [0.25, 0.3) is 11.0 Å². The number of carbonyl (C=O) groups is 3. The van der Waals surface area contributed by atoms with Crippen molar-refractivity contribution in [3.05, 3.63) is 28.7 Å². The van der Waals surface area contributed by atoms with E-state index in [1.54, 1.807) is 23.6 Å². The highest BCUT2D eigenvalue weighted by Crippen LogP contribution is 2.28. The summed E-state index contributed by atoms with van der Waals surface area (Å²) in [5.41, 5.74) is 1.68. The second kappa shape index (κ2) is 11.2. The lowest BCUT2D eigenvalue weighted by molar-refractivity contribution is -0.135. The Labute approximate surface area is 222 Å². The predicted molar refractivity (Wildman–Crippen MR) is 143 cm³/mol. The molecule has 1 N–H and O–H groups in total. The molecular formula is C27H39N5O6. The van der Waals surface area contributed by atoms with Gasteiger partial charge in [0.2, 0.25) is 11.8 Å². The Morgan fingerprint density at radius 1 is 1.11 bits per heavy atom. The first-order chi connectivity index (χ1) is 17.9. The second-order valence-corrected chi connectivity index (χ2v) is 11.2. The summed E-state index contributed by atoms with van der Waals surface area (Å²) in [5, 5.41) is 2.34. The smallest absolute Gasteiger partial charge is 0.410 e. The summed E-state index contributed by atoms with van der Waals surface area (Å²) in [5.74, 6) is -0.735. The average Bonchev–Trinajstić information content (AvgIpc) is 3.10. The number of ether oxygens (including phenoxy) is 2. The summed E-state index contributed by atoms with van der Waals surface area (Å²) < 4.78 is 14.5. The van der Waals surface area contributed by atoms with Crippen LogP contribution >= 0.6 is 0 Å². The SMILES string of the molecule is CN(CCCOC1CCN(c2ccc3c(c2)n(C)c(=O)n3C2CCC(=O)NC2=O)CC1)C(=O)OC(C)(C)C. The fourth-order valence-corrected chi connectivity index (χ4v) is 5.04. The van der Waals surface area contributed by atoms with Crippen molar-refractivity contribution in [3.63, 3.8) is 0 Å². The Kier molecular flexibility index (Phi) is 8.15. The first-order valence-corrected chi connectivity index (χ1v) is 13.3. The van der Waals surface area contributed by atoms with Crippen molar-refractivity contribution in [2.75, 3.05) is 38.2 Å². The quantitative estimate of drug-likeness (QED) is 0.433. The van der Waals surface area contributed by atoms with Crippen LogP contribution < -0.4 is 15.9 Å². The number of rotatable bonds is 7. The van der Waals surface area contributed by atoms with Gasteiger partial charge in [-0.2, -0.15) is 0 Å². The van der Waals surface area contributed by atoms with Gasteiger partial charge in [-0.25, -0.2) is 9.59 Å². The molecule has 0 radical (unpaired) electrons. The van der Waals surface area contributed by atoms with E-state index < -0.39 is 17.6 Å². The Bertz CT molecular complexity index is 1250. The maximum atomic E-state index is 13.0. The number of hydrogen-bond donors (Lipinski definition) is 1. The highest BCUT2D eigenvalue weighted by Gasteiger charge is 2.31. The molecule has 38 heavy (non-hydrogen) atoms. The number of imidazole rings is 1. The normalized spacial score (nSPS) is 19.1. The number of fused-ring (bicyclic) bond motifs is 1. The third kappa shape index (κ3) is 6.20. The zero-order chi connectivity index (χ0) is 27.6. The lowest BCUT2D eigenvalue weighted by atomic mass is 10.1. The average molecular weight is 530 g/mol. The lowest BCUT2D eigenvalue weighted by Crippen LogP contribution is -2.44. The molecular weight excluding hydrogens is 490 g/mol. The van der Waals surface area contributed by atoms with Gasteiger partial charge in [-0.3, -0.25) is 24.0 Å². The number of hydrogen-bond acceptors (Lipinski definition) is 7.